The minimum Gasteiger partial charge on any atom is -0.319 e. The van der Waals surface area contributed by atoms with Crippen molar-refractivity contribution in [3.05, 3.63) is 198 Å². The van der Waals surface area contributed by atoms with E-state index in [1.807, 2.05) is 66.7 Å². The first-order valence-corrected chi connectivity index (χ1v) is 18.3. The molecule has 8 aromatic rings. The van der Waals surface area contributed by atoms with Crippen molar-refractivity contribution in [1.29, 1.82) is 5.26 Å². The number of para-hydroxylation sites is 1. The van der Waals surface area contributed by atoms with Gasteiger partial charge in [-0.3, -0.25) is 0 Å². The van der Waals surface area contributed by atoms with Crippen LogP contribution in [0, 0.1) is 24.5 Å². The van der Waals surface area contributed by atoms with Gasteiger partial charge in [-0.2, -0.15) is 5.26 Å². The van der Waals surface area contributed by atoms with E-state index in [1.54, 1.807) is 0 Å². The molecule has 5 heteroatoms. The molecule has 0 saturated heterocycles. The Balaban J connectivity index is 1.36. The van der Waals surface area contributed by atoms with Gasteiger partial charge in [0.25, 0.3) is 0 Å². The van der Waals surface area contributed by atoms with Gasteiger partial charge in [-0.05, 0) is 68.3 Å². The first-order valence-electron chi connectivity index (χ1n) is 16.3. The monoisotopic (exact) mass is 652 g/mol. The molecule has 0 aliphatic heterocycles. The molecule has 1 heterocycles. The normalized spacial score (nSPS) is 11.1. The second-order valence-electron chi connectivity index (χ2n) is 12.2. The molecule has 0 unspecified atom stereocenters. The smallest absolute Gasteiger partial charge is 0.210 e. The number of nitrogens with zero attached hydrogens (tertiary/aromatic N) is 4. The number of benzene rings is 7. The van der Waals surface area contributed by atoms with Crippen molar-refractivity contribution in [1.82, 2.24) is 4.57 Å². The third kappa shape index (κ3) is 4.80. The Morgan fingerprint density at radius 1 is 0.500 bits per heavy atom. The number of hydrogen-bond acceptors (Lipinski definition) is 1. The van der Waals surface area contributed by atoms with Gasteiger partial charge in [-0.15, -0.1) is 0 Å². The highest BCUT2D eigenvalue weighted by Gasteiger charge is 2.42. The fraction of sp³-hybridized carbons (Fsp3) is 0. The molecule has 0 spiro atoms. The molecule has 0 bridgehead atoms. The van der Waals surface area contributed by atoms with Crippen LogP contribution in [0.5, 0.6) is 0 Å². The lowest BCUT2D eigenvalue weighted by molar-refractivity contribution is 1.19. The quantitative estimate of drug-likeness (QED) is 0.101. The molecule has 1 aromatic heterocycles. The van der Waals surface area contributed by atoms with Crippen LogP contribution in [0.2, 0.25) is 0 Å². The molecule has 0 fully saturated rings. The molecule has 0 aliphatic rings. The maximum absolute atomic E-state index is 9.63. The number of aromatic nitrogens is 1. The predicted octanol–water partition coefficient (Wildman–Crippen LogP) is 8.80. The van der Waals surface area contributed by atoms with Gasteiger partial charge >= 0.3 is 0 Å². The summed E-state index contributed by atoms with van der Waals surface area (Å²) >= 11 is 0. The molecule has 0 aliphatic carbocycles. The van der Waals surface area contributed by atoms with E-state index in [0.29, 0.717) is 16.9 Å². The Morgan fingerprint density at radius 3 is 1.64 bits per heavy atom. The van der Waals surface area contributed by atoms with Gasteiger partial charge in [0.15, 0.2) is 13.8 Å². The van der Waals surface area contributed by atoms with Crippen molar-refractivity contribution in [2.75, 3.05) is 0 Å². The van der Waals surface area contributed by atoms with Crippen LogP contribution < -0.4 is 20.7 Å². The van der Waals surface area contributed by atoms with Crippen LogP contribution >= 0.6 is 0 Å². The van der Waals surface area contributed by atoms with Gasteiger partial charge < -0.3 is 4.57 Å². The van der Waals surface area contributed by atoms with E-state index in [-0.39, 0.29) is 0 Å². The fourth-order valence-corrected chi connectivity index (χ4v) is 12.3. The third-order valence-electron chi connectivity index (χ3n) is 9.61. The summed E-state index contributed by atoms with van der Waals surface area (Å²) in [7, 11) is -2.91. The second-order valence-corrected chi connectivity index (χ2v) is 16.0. The second kappa shape index (κ2) is 12.6. The summed E-state index contributed by atoms with van der Waals surface area (Å²) in [5.74, 6) is 0. The standard InChI is InChI=1S/C45H28N4Si/c1-47-40-25-23-34(30-44(40)49-42-21-13-12-20-38(42)39-28-32(31-46)22-26-43(39)49)33-24-27-45(41(29-33)48-2)50(35-14-6-3-7-15-35,36-16-8-4-9-17-36)37-18-10-5-11-19-37/h3-30H. The summed E-state index contributed by atoms with van der Waals surface area (Å²) < 4.78 is 2.12. The molecule has 0 atom stereocenters. The molecule has 232 valence electrons. The van der Waals surface area contributed by atoms with E-state index in [1.165, 1.54) is 15.6 Å². The molecular weight excluding hydrogens is 625 g/mol. The first-order chi connectivity index (χ1) is 24.7. The van der Waals surface area contributed by atoms with Crippen LogP contribution in [0.1, 0.15) is 5.56 Å². The summed E-state index contributed by atoms with van der Waals surface area (Å²) in [6, 6.07) is 60.1. The van der Waals surface area contributed by atoms with Crippen LogP contribution in [0.15, 0.2) is 170 Å². The average molecular weight is 653 g/mol. The molecule has 8 rings (SSSR count). The molecule has 50 heavy (non-hydrogen) atoms. The van der Waals surface area contributed by atoms with Crippen LogP contribution in [-0.4, -0.2) is 12.6 Å². The Labute approximate surface area is 292 Å². The lowest BCUT2D eigenvalue weighted by Crippen LogP contribution is -2.74. The summed E-state index contributed by atoms with van der Waals surface area (Å²) in [5, 5.41) is 16.3. The van der Waals surface area contributed by atoms with Gasteiger partial charge in [0.1, 0.15) is 0 Å². The third-order valence-corrected chi connectivity index (χ3v) is 14.4. The molecular formula is C45H28N4Si. The molecule has 0 saturated carbocycles. The van der Waals surface area contributed by atoms with E-state index in [4.69, 9.17) is 13.1 Å². The Bertz CT molecular complexity index is 2580. The highest BCUT2D eigenvalue weighted by Crippen LogP contribution is 2.38. The van der Waals surface area contributed by atoms with E-state index < -0.39 is 8.07 Å². The van der Waals surface area contributed by atoms with Crippen molar-refractivity contribution >= 4 is 62.0 Å². The Hall–Kier alpha value is -6.97. The lowest BCUT2D eigenvalue weighted by atomic mass is 10.0. The predicted molar refractivity (Wildman–Crippen MR) is 207 cm³/mol. The van der Waals surface area contributed by atoms with Gasteiger partial charge in [-0.25, -0.2) is 9.69 Å². The van der Waals surface area contributed by atoms with Crippen molar-refractivity contribution in [2.45, 2.75) is 0 Å². The van der Waals surface area contributed by atoms with Crippen LogP contribution in [-0.2, 0) is 0 Å². The zero-order chi connectivity index (χ0) is 34.1. The summed E-state index contributed by atoms with van der Waals surface area (Å²) in [6.07, 6.45) is 0. The van der Waals surface area contributed by atoms with E-state index in [9.17, 15) is 5.26 Å². The topological polar surface area (TPSA) is 37.4 Å². The highest BCUT2D eigenvalue weighted by atomic mass is 28.3. The summed E-state index contributed by atoms with van der Waals surface area (Å²) in [5.41, 5.74) is 6.18. The van der Waals surface area contributed by atoms with E-state index in [2.05, 4.69) is 123 Å². The Morgan fingerprint density at radius 2 is 1.04 bits per heavy atom. The average Bonchev–Trinajstić information content (AvgIpc) is 3.52. The minimum atomic E-state index is -2.91. The van der Waals surface area contributed by atoms with Gasteiger partial charge in [0.05, 0.1) is 41.5 Å². The van der Waals surface area contributed by atoms with Gasteiger partial charge in [-0.1, -0.05) is 133 Å². The van der Waals surface area contributed by atoms with Gasteiger partial charge in [0, 0.05) is 10.8 Å². The molecule has 0 radical (unpaired) electrons. The van der Waals surface area contributed by atoms with Crippen molar-refractivity contribution in [2.24, 2.45) is 0 Å². The zero-order valence-electron chi connectivity index (χ0n) is 27.0. The fourth-order valence-electron chi connectivity index (χ4n) is 7.43. The first kappa shape index (κ1) is 30.4. The van der Waals surface area contributed by atoms with E-state index in [0.717, 1.165) is 43.8 Å². The maximum Gasteiger partial charge on any atom is 0.210 e. The molecule has 0 amide bonds. The van der Waals surface area contributed by atoms with Crippen LogP contribution in [0.3, 0.4) is 0 Å². The van der Waals surface area contributed by atoms with Crippen LogP contribution in [0.25, 0.3) is 48.3 Å². The highest BCUT2D eigenvalue weighted by molar-refractivity contribution is 7.20. The van der Waals surface area contributed by atoms with Crippen LogP contribution in [0.4, 0.5) is 11.4 Å². The van der Waals surface area contributed by atoms with Gasteiger partial charge in [0.2, 0.25) is 5.69 Å². The molecule has 0 N–H and O–H groups in total. The minimum absolute atomic E-state index is 0.520. The van der Waals surface area contributed by atoms with Crippen molar-refractivity contribution in [3.63, 3.8) is 0 Å². The van der Waals surface area contributed by atoms with Crippen molar-refractivity contribution in [3.8, 4) is 22.9 Å². The largest absolute Gasteiger partial charge is 0.319 e. The van der Waals surface area contributed by atoms with Crippen molar-refractivity contribution < 1.29 is 0 Å². The summed E-state index contributed by atoms with van der Waals surface area (Å²) in [4.78, 5) is 8.13. The maximum atomic E-state index is 9.63. The zero-order valence-corrected chi connectivity index (χ0v) is 28.0. The number of hydrogen-bond donors (Lipinski definition) is 0. The summed E-state index contributed by atoms with van der Waals surface area (Å²) in [6.45, 7) is 16.6. The molecule has 4 nitrogen and oxygen atoms in total. The number of rotatable bonds is 6. The van der Waals surface area contributed by atoms with E-state index >= 15 is 0 Å². The number of nitriles is 1. The SMILES string of the molecule is [C-]#[N+]c1ccc(-c2ccc([Si](c3ccccc3)(c3ccccc3)c3ccccc3)c([N+]#[C-])c2)cc1-n1c2ccccc2c2cc(C#N)ccc21. The molecule has 7 aromatic carbocycles. The lowest BCUT2D eigenvalue weighted by Gasteiger charge is -2.35. The Kier molecular flexibility index (Phi) is 7.63. The number of fused-ring (bicyclic) bond motifs is 3.